The molecule has 1 N–H and O–H groups in total. The van der Waals surface area contributed by atoms with Crippen LogP contribution in [0.1, 0.15) is 51.5 Å². The van der Waals surface area contributed by atoms with E-state index in [1.165, 1.54) is 12.5 Å². The maximum atomic E-state index is 11.0. The van der Waals surface area contributed by atoms with Crippen LogP contribution in [-0.4, -0.2) is 18.1 Å². The smallest absolute Gasteiger partial charge is 0.302 e. The molecule has 1 aliphatic rings. The molecule has 1 aromatic rings. The standard InChI is InChI=1S/C23H30N2O2/c1-4-23(25-17-20-9-6-5-7-10-20)16-18(2)15-21(12-13-24)22(23)11-8-14-27-19(3)26/h1,5-7,9-10,18,21-22,25H,8,11-12,14-17H2,2-3H3/t18-,21-,22-,23-/m1/s1. The van der Waals surface area contributed by atoms with Crippen molar-refractivity contribution >= 4 is 5.97 Å². The molecule has 144 valence electrons. The number of nitrogens with one attached hydrogen (secondary N) is 1. The molecule has 1 aromatic carbocycles. The zero-order valence-corrected chi connectivity index (χ0v) is 16.4. The number of ether oxygens (including phenoxy) is 1. The zero-order valence-electron chi connectivity index (χ0n) is 16.4. The molecular formula is C23H30N2O2. The lowest BCUT2D eigenvalue weighted by molar-refractivity contribution is -0.141. The van der Waals surface area contributed by atoms with Crippen LogP contribution in [0.4, 0.5) is 0 Å². The van der Waals surface area contributed by atoms with E-state index in [1.54, 1.807) is 0 Å². The summed E-state index contributed by atoms with van der Waals surface area (Å²) in [5, 5.41) is 13.0. The van der Waals surface area contributed by atoms with Gasteiger partial charge in [0.05, 0.1) is 18.2 Å². The third-order valence-electron chi connectivity index (χ3n) is 5.60. The summed E-state index contributed by atoms with van der Waals surface area (Å²) in [5.74, 6) is 3.74. The first kappa shape index (κ1) is 21.0. The van der Waals surface area contributed by atoms with E-state index in [2.05, 4.69) is 36.4 Å². The van der Waals surface area contributed by atoms with Gasteiger partial charge in [-0.1, -0.05) is 43.2 Å². The monoisotopic (exact) mass is 366 g/mol. The quantitative estimate of drug-likeness (QED) is 0.428. The van der Waals surface area contributed by atoms with Gasteiger partial charge in [0, 0.05) is 19.9 Å². The molecule has 0 spiro atoms. The second kappa shape index (κ2) is 10.1. The van der Waals surface area contributed by atoms with E-state index in [1.807, 2.05) is 18.2 Å². The molecule has 2 rings (SSSR count). The molecule has 4 nitrogen and oxygen atoms in total. The largest absolute Gasteiger partial charge is 0.466 e. The first-order valence-corrected chi connectivity index (χ1v) is 9.77. The van der Waals surface area contributed by atoms with Gasteiger partial charge in [0.1, 0.15) is 0 Å². The van der Waals surface area contributed by atoms with Crippen molar-refractivity contribution < 1.29 is 9.53 Å². The van der Waals surface area contributed by atoms with Crippen LogP contribution in [0, 0.1) is 41.4 Å². The number of hydrogen-bond acceptors (Lipinski definition) is 4. The molecule has 4 atom stereocenters. The summed E-state index contributed by atoms with van der Waals surface area (Å²) >= 11 is 0. The van der Waals surface area contributed by atoms with Crippen molar-refractivity contribution in [1.29, 1.82) is 5.26 Å². The first-order valence-electron chi connectivity index (χ1n) is 9.77. The molecule has 4 heteroatoms. The average Bonchev–Trinajstić information content (AvgIpc) is 2.65. The Morgan fingerprint density at radius 2 is 2.15 bits per heavy atom. The zero-order chi connectivity index (χ0) is 19.7. The van der Waals surface area contributed by atoms with Gasteiger partial charge in [-0.15, -0.1) is 6.42 Å². The summed E-state index contributed by atoms with van der Waals surface area (Å²) < 4.78 is 5.10. The molecule has 27 heavy (non-hydrogen) atoms. The number of nitriles is 1. The Hall–Kier alpha value is -2.30. The normalized spacial score (nSPS) is 27.3. The third-order valence-corrected chi connectivity index (χ3v) is 5.60. The number of benzene rings is 1. The molecule has 0 aliphatic heterocycles. The van der Waals surface area contributed by atoms with E-state index >= 15 is 0 Å². The van der Waals surface area contributed by atoms with E-state index in [0.717, 1.165) is 25.7 Å². The fourth-order valence-electron chi connectivity index (χ4n) is 4.49. The number of carbonyl (C=O) groups excluding carboxylic acids is 1. The minimum Gasteiger partial charge on any atom is -0.466 e. The summed E-state index contributed by atoms with van der Waals surface area (Å²) in [4.78, 5) is 11.0. The molecular weight excluding hydrogens is 336 g/mol. The lowest BCUT2D eigenvalue weighted by atomic mass is 9.61. The van der Waals surface area contributed by atoms with Crippen molar-refractivity contribution in [3.63, 3.8) is 0 Å². The highest BCUT2D eigenvalue weighted by Crippen LogP contribution is 2.44. The highest BCUT2D eigenvalue weighted by atomic mass is 16.5. The van der Waals surface area contributed by atoms with Gasteiger partial charge >= 0.3 is 5.97 Å². The van der Waals surface area contributed by atoms with Crippen molar-refractivity contribution in [3.8, 4) is 18.4 Å². The Labute approximate surface area is 163 Å². The van der Waals surface area contributed by atoms with Gasteiger partial charge in [-0.2, -0.15) is 5.26 Å². The second-order valence-corrected chi connectivity index (χ2v) is 7.71. The van der Waals surface area contributed by atoms with Gasteiger partial charge < -0.3 is 4.74 Å². The van der Waals surface area contributed by atoms with Crippen LogP contribution in [0.2, 0.25) is 0 Å². The van der Waals surface area contributed by atoms with Crippen molar-refractivity contribution in [2.45, 2.75) is 58.0 Å². The molecule has 0 unspecified atom stereocenters. The minimum atomic E-state index is -0.439. The van der Waals surface area contributed by atoms with Gasteiger partial charge in [-0.3, -0.25) is 10.1 Å². The number of hydrogen-bond donors (Lipinski definition) is 1. The van der Waals surface area contributed by atoms with Crippen molar-refractivity contribution in [3.05, 3.63) is 35.9 Å². The molecule has 0 radical (unpaired) electrons. The molecule has 0 amide bonds. The van der Waals surface area contributed by atoms with Gasteiger partial charge in [0.2, 0.25) is 0 Å². The third kappa shape index (κ3) is 5.84. The van der Waals surface area contributed by atoms with E-state index < -0.39 is 5.54 Å². The summed E-state index contributed by atoms with van der Waals surface area (Å²) in [6, 6.07) is 12.6. The fourth-order valence-corrected chi connectivity index (χ4v) is 4.49. The Kier molecular flexibility index (Phi) is 7.89. The molecule has 1 fully saturated rings. The summed E-state index contributed by atoms with van der Waals surface area (Å²) in [5.41, 5.74) is 0.756. The van der Waals surface area contributed by atoms with Crippen molar-refractivity contribution in [2.24, 2.45) is 17.8 Å². The molecule has 0 bridgehead atoms. The summed E-state index contributed by atoms with van der Waals surface area (Å²) in [6.07, 6.45) is 10.1. The SMILES string of the molecule is C#C[C@@]1(NCc2ccccc2)C[C@H](C)C[C@@H](CC#N)[C@H]1CCCOC(C)=O. The Bertz CT molecular complexity index is 689. The van der Waals surface area contributed by atoms with Crippen LogP contribution in [0.3, 0.4) is 0 Å². The Morgan fingerprint density at radius 3 is 2.78 bits per heavy atom. The number of terminal acetylenes is 1. The number of nitrogens with zero attached hydrogens (tertiary/aromatic N) is 1. The number of esters is 1. The first-order chi connectivity index (χ1) is 13.0. The average molecular weight is 367 g/mol. The fraction of sp³-hybridized carbons (Fsp3) is 0.565. The minimum absolute atomic E-state index is 0.192. The molecule has 0 aromatic heterocycles. The van der Waals surface area contributed by atoms with Crippen LogP contribution in [0.25, 0.3) is 0 Å². The molecule has 0 saturated heterocycles. The van der Waals surface area contributed by atoms with Crippen molar-refractivity contribution in [1.82, 2.24) is 5.32 Å². The number of rotatable bonds is 8. The van der Waals surface area contributed by atoms with Crippen LogP contribution in [0.15, 0.2) is 30.3 Å². The lowest BCUT2D eigenvalue weighted by Gasteiger charge is -2.48. The highest BCUT2D eigenvalue weighted by Gasteiger charge is 2.46. The second-order valence-electron chi connectivity index (χ2n) is 7.71. The van der Waals surface area contributed by atoms with Gasteiger partial charge in [-0.25, -0.2) is 0 Å². The van der Waals surface area contributed by atoms with Crippen molar-refractivity contribution in [2.75, 3.05) is 6.61 Å². The summed E-state index contributed by atoms with van der Waals surface area (Å²) in [7, 11) is 0. The van der Waals surface area contributed by atoms with Gasteiger partial charge in [0.15, 0.2) is 0 Å². The molecule has 0 heterocycles. The van der Waals surface area contributed by atoms with Crippen LogP contribution >= 0.6 is 0 Å². The van der Waals surface area contributed by atoms with Crippen LogP contribution in [0.5, 0.6) is 0 Å². The lowest BCUT2D eigenvalue weighted by Crippen LogP contribution is -2.56. The predicted octanol–water partition coefficient (Wildman–Crippen LogP) is 4.07. The maximum absolute atomic E-state index is 11.0. The van der Waals surface area contributed by atoms with Crippen LogP contribution in [-0.2, 0) is 16.1 Å². The van der Waals surface area contributed by atoms with E-state index in [4.69, 9.17) is 11.2 Å². The van der Waals surface area contributed by atoms with Crippen LogP contribution < -0.4 is 5.32 Å². The highest BCUT2D eigenvalue weighted by molar-refractivity contribution is 5.65. The summed E-state index contributed by atoms with van der Waals surface area (Å²) in [6.45, 7) is 4.75. The van der Waals surface area contributed by atoms with E-state index in [-0.39, 0.29) is 17.8 Å². The predicted molar refractivity (Wildman–Crippen MR) is 106 cm³/mol. The maximum Gasteiger partial charge on any atom is 0.302 e. The molecule has 1 aliphatic carbocycles. The van der Waals surface area contributed by atoms with Gasteiger partial charge in [-0.05, 0) is 49.0 Å². The topological polar surface area (TPSA) is 62.1 Å². The van der Waals surface area contributed by atoms with Gasteiger partial charge in [0.25, 0.3) is 0 Å². The van der Waals surface area contributed by atoms with E-state index in [0.29, 0.717) is 25.5 Å². The Balaban J connectivity index is 2.17. The Morgan fingerprint density at radius 1 is 1.41 bits per heavy atom. The van der Waals surface area contributed by atoms with E-state index in [9.17, 15) is 10.1 Å². The molecule has 1 saturated carbocycles. The number of carbonyl (C=O) groups is 1.